The molecule has 2 aromatic rings. The summed E-state index contributed by atoms with van der Waals surface area (Å²) in [5, 5.41) is 38.8. The Morgan fingerprint density at radius 1 is 1.32 bits per heavy atom. The van der Waals surface area contributed by atoms with Crippen molar-refractivity contribution in [1.29, 1.82) is 0 Å². The van der Waals surface area contributed by atoms with Gasteiger partial charge in [-0.05, 0) is 17.7 Å². The fraction of sp³-hybridized carbons (Fsp3) is 0.368. The first-order chi connectivity index (χ1) is 16.1. The molecule has 1 aromatic heterocycles. The Morgan fingerprint density at radius 2 is 2.03 bits per heavy atom. The molecule has 15 heteroatoms. The molecule has 2 fully saturated rings. The lowest BCUT2D eigenvalue weighted by molar-refractivity contribution is -0.158. The maximum atomic E-state index is 12.7. The number of thioether (sulfide) groups is 2. The lowest BCUT2D eigenvalue weighted by atomic mass is 9.89. The Morgan fingerprint density at radius 3 is 2.68 bits per heavy atom. The quantitative estimate of drug-likeness (QED) is 0.237. The summed E-state index contributed by atoms with van der Waals surface area (Å²) in [6.45, 7) is -0.103. The van der Waals surface area contributed by atoms with Crippen molar-refractivity contribution in [1.82, 2.24) is 25.4 Å². The average Bonchev–Trinajstić information content (AvgIpc) is 2.82. The number of aromatic amines is 1. The molecule has 0 saturated carbocycles. The minimum atomic E-state index is -1.49. The predicted octanol–water partition coefficient (Wildman–Crippen LogP) is -0.179. The van der Waals surface area contributed by atoms with E-state index in [1.54, 1.807) is 0 Å². The van der Waals surface area contributed by atoms with Gasteiger partial charge in [-0.3, -0.25) is 24.2 Å². The molecule has 2 aliphatic heterocycles. The van der Waals surface area contributed by atoms with Gasteiger partial charge in [0.15, 0.2) is 11.3 Å². The monoisotopic (exact) mass is 527 g/mol. The molecule has 0 aliphatic carbocycles. The summed E-state index contributed by atoms with van der Waals surface area (Å²) in [5.74, 6) is -3.02. The van der Waals surface area contributed by atoms with Gasteiger partial charge in [0.2, 0.25) is 5.91 Å². The van der Waals surface area contributed by atoms with E-state index in [1.807, 2.05) is 0 Å². The Kier molecular flexibility index (Phi) is 6.75. The number of nitrogens with one attached hydrogen (secondary N) is 2. The van der Waals surface area contributed by atoms with E-state index in [-0.39, 0.29) is 23.2 Å². The number of carbonyl (C=O) groups is 3. The number of carboxylic acids is 1. The SMILES string of the molecule is O=C(NC1C(=O)N2CC(CSc3nnc(O)c(=O)[nH]3)(C(=O)O)CS[C@H]12)C(O)c1ccc(Cl)cc1. The summed E-state index contributed by atoms with van der Waals surface area (Å²) in [6, 6.07) is 5.17. The molecule has 34 heavy (non-hydrogen) atoms. The molecule has 2 amide bonds. The topological polar surface area (TPSA) is 186 Å². The molecule has 12 nitrogen and oxygen atoms in total. The van der Waals surface area contributed by atoms with Crippen LogP contribution in [0.4, 0.5) is 0 Å². The molecule has 0 radical (unpaired) electrons. The van der Waals surface area contributed by atoms with Gasteiger partial charge < -0.3 is 25.5 Å². The number of carbonyl (C=O) groups excluding carboxylic acids is 2. The van der Waals surface area contributed by atoms with E-state index >= 15 is 0 Å². The predicted molar refractivity (Wildman–Crippen MR) is 121 cm³/mol. The summed E-state index contributed by atoms with van der Waals surface area (Å²) in [5.41, 5.74) is -1.87. The molecule has 2 aliphatic rings. The highest BCUT2D eigenvalue weighted by Gasteiger charge is 2.57. The van der Waals surface area contributed by atoms with Crippen molar-refractivity contribution < 1.29 is 29.7 Å². The normalized spacial score (nSPS) is 24.6. The highest BCUT2D eigenvalue weighted by atomic mass is 35.5. The first-order valence-electron chi connectivity index (χ1n) is 9.79. The molecular formula is C19H18ClN5O7S2. The third kappa shape index (κ3) is 4.58. The second-order valence-electron chi connectivity index (χ2n) is 7.77. The van der Waals surface area contributed by atoms with Crippen LogP contribution in [0.1, 0.15) is 11.7 Å². The van der Waals surface area contributed by atoms with E-state index in [4.69, 9.17) is 11.6 Å². The molecule has 180 valence electrons. The van der Waals surface area contributed by atoms with Crippen molar-refractivity contribution in [2.75, 3.05) is 18.1 Å². The average molecular weight is 528 g/mol. The van der Waals surface area contributed by atoms with Crippen LogP contribution in [0, 0.1) is 5.41 Å². The van der Waals surface area contributed by atoms with Crippen LogP contribution in [0.15, 0.2) is 34.2 Å². The van der Waals surface area contributed by atoms with Crippen molar-refractivity contribution in [2.24, 2.45) is 5.41 Å². The summed E-state index contributed by atoms with van der Waals surface area (Å²) in [7, 11) is 0. The van der Waals surface area contributed by atoms with Gasteiger partial charge in [-0.25, -0.2) is 0 Å². The lowest BCUT2D eigenvalue weighted by Crippen LogP contribution is -2.74. The second-order valence-corrected chi connectivity index (χ2v) is 10.3. The fourth-order valence-electron chi connectivity index (χ4n) is 3.52. The number of carboxylic acid groups (broad SMARTS) is 1. The highest BCUT2D eigenvalue weighted by Crippen LogP contribution is 2.44. The number of aromatic nitrogens is 3. The van der Waals surface area contributed by atoms with Gasteiger partial charge in [0.05, 0.1) is 0 Å². The number of fused-ring (bicyclic) bond motifs is 1. The molecule has 0 spiro atoms. The van der Waals surface area contributed by atoms with E-state index in [0.29, 0.717) is 10.6 Å². The molecule has 4 atom stereocenters. The number of hydrogen-bond donors (Lipinski definition) is 5. The number of nitrogens with zero attached hydrogens (tertiary/aromatic N) is 3. The van der Waals surface area contributed by atoms with Crippen LogP contribution in [0.5, 0.6) is 5.88 Å². The van der Waals surface area contributed by atoms with Crippen molar-refractivity contribution in [3.63, 3.8) is 0 Å². The van der Waals surface area contributed by atoms with Gasteiger partial charge >= 0.3 is 11.5 Å². The molecule has 1 aromatic carbocycles. The number of H-pyrrole nitrogens is 1. The van der Waals surface area contributed by atoms with Crippen LogP contribution in [-0.2, 0) is 14.4 Å². The first kappa shape index (κ1) is 24.3. The molecule has 2 saturated heterocycles. The number of aliphatic hydroxyl groups is 1. The Bertz CT molecular complexity index is 1200. The van der Waals surface area contributed by atoms with Gasteiger partial charge in [-0.1, -0.05) is 35.5 Å². The van der Waals surface area contributed by atoms with Gasteiger partial charge in [0.25, 0.3) is 11.8 Å². The summed E-state index contributed by atoms with van der Waals surface area (Å²) < 4.78 is 0. The summed E-state index contributed by atoms with van der Waals surface area (Å²) >= 11 is 7.95. The zero-order valence-corrected chi connectivity index (χ0v) is 19.6. The van der Waals surface area contributed by atoms with Gasteiger partial charge in [-0.2, -0.15) is 0 Å². The van der Waals surface area contributed by atoms with E-state index < -0.39 is 52.2 Å². The number of aliphatic carboxylic acids is 1. The lowest BCUT2D eigenvalue weighted by Gasteiger charge is -2.53. The number of halogens is 1. The van der Waals surface area contributed by atoms with Gasteiger partial charge in [0.1, 0.15) is 16.8 Å². The molecule has 3 heterocycles. The maximum absolute atomic E-state index is 12.7. The second kappa shape index (κ2) is 9.44. The first-order valence-corrected chi connectivity index (χ1v) is 12.2. The van der Waals surface area contributed by atoms with Crippen LogP contribution >= 0.6 is 35.1 Å². The van der Waals surface area contributed by atoms with E-state index in [1.165, 1.54) is 40.9 Å². The smallest absolute Gasteiger partial charge is 0.314 e. The van der Waals surface area contributed by atoms with Crippen molar-refractivity contribution in [2.45, 2.75) is 22.7 Å². The third-order valence-corrected chi connectivity index (χ3v) is 8.47. The Labute approximate surface area is 205 Å². The summed E-state index contributed by atoms with van der Waals surface area (Å²) in [4.78, 5) is 52.4. The fourth-order valence-corrected chi connectivity index (χ4v) is 6.31. The highest BCUT2D eigenvalue weighted by molar-refractivity contribution is 8.00. The van der Waals surface area contributed by atoms with Crippen LogP contribution in [-0.4, -0.2) is 82.7 Å². The molecule has 0 bridgehead atoms. The Hall–Kier alpha value is -2.81. The van der Waals surface area contributed by atoms with E-state index in [2.05, 4.69) is 20.5 Å². The minimum Gasteiger partial charge on any atom is -0.488 e. The van der Waals surface area contributed by atoms with Gasteiger partial charge in [-0.15, -0.1) is 22.0 Å². The zero-order valence-electron chi connectivity index (χ0n) is 17.2. The van der Waals surface area contributed by atoms with Crippen LogP contribution < -0.4 is 10.9 Å². The minimum absolute atomic E-state index is 0.0203. The summed E-state index contributed by atoms with van der Waals surface area (Å²) in [6.07, 6.45) is -1.49. The molecule has 4 rings (SSSR count). The van der Waals surface area contributed by atoms with Crippen LogP contribution in [0.3, 0.4) is 0 Å². The third-order valence-electron chi connectivity index (χ3n) is 5.47. The van der Waals surface area contributed by atoms with Crippen LogP contribution in [0.25, 0.3) is 0 Å². The van der Waals surface area contributed by atoms with Gasteiger partial charge in [0, 0.05) is 23.1 Å². The number of hydrogen-bond acceptors (Lipinski definition) is 10. The molecule has 5 N–H and O–H groups in total. The van der Waals surface area contributed by atoms with Crippen molar-refractivity contribution in [3.05, 3.63) is 45.2 Å². The number of amides is 2. The maximum Gasteiger partial charge on any atom is 0.314 e. The largest absolute Gasteiger partial charge is 0.488 e. The number of aromatic hydroxyl groups is 1. The number of benzene rings is 1. The van der Waals surface area contributed by atoms with Crippen LogP contribution in [0.2, 0.25) is 5.02 Å². The van der Waals surface area contributed by atoms with E-state index in [9.17, 15) is 34.5 Å². The Balaban J connectivity index is 1.39. The molecule has 3 unspecified atom stereocenters. The standard InChI is InChI=1S/C19H18ClN5O7S2/c20-9-3-1-8(2-4-9)11(26)12(27)21-10-15(30)25-5-19(17(31)32,6-33-16(10)25)7-34-18-22-13(28)14(29)23-24-18/h1-4,10-11,16,26H,5-7H2,(H,21,27)(H,23,29)(H,31,32)(H,22,24,28)/t10?,11?,16-,19?/m1/s1. The number of rotatable bonds is 7. The zero-order chi connectivity index (χ0) is 24.6. The number of aliphatic hydroxyl groups excluding tert-OH is 1. The van der Waals surface area contributed by atoms with E-state index in [0.717, 1.165) is 11.8 Å². The molecular weight excluding hydrogens is 510 g/mol. The number of β-lactam (4-membered cyclic amide) rings is 1. The van der Waals surface area contributed by atoms with Crippen molar-refractivity contribution in [3.8, 4) is 5.88 Å². The van der Waals surface area contributed by atoms with Crippen molar-refractivity contribution >= 4 is 52.9 Å².